The van der Waals surface area contributed by atoms with Crippen LogP contribution in [0.4, 0.5) is 10.6 Å². The second-order valence-corrected chi connectivity index (χ2v) is 3.81. The SMILES string of the molecule is NNC(=O)N(N)c1cc(OCc2ccccc2)ncn1. The molecular formula is C12H14N6O2. The summed E-state index contributed by atoms with van der Waals surface area (Å²) in [4.78, 5) is 19.1. The number of anilines is 1. The minimum atomic E-state index is -0.697. The van der Waals surface area contributed by atoms with Gasteiger partial charge in [0.2, 0.25) is 5.88 Å². The van der Waals surface area contributed by atoms with Gasteiger partial charge >= 0.3 is 6.03 Å². The van der Waals surface area contributed by atoms with Crippen molar-refractivity contribution in [3.63, 3.8) is 0 Å². The molecule has 2 amide bonds. The Morgan fingerprint density at radius 1 is 1.30 bits per heavy atom. The summed E-state index contributed by atoms with van der Waals surface area (Å²) in [6.07, 6.45) is 1.25. The van der Waals surface area contributed by atoms with Gasteiger partial charge in [0.25, 0.3) is 0 Å². The van der Waals surface area contributed by atoms with E-state index in [-0.39, 0.29) is 5.82 Å². The smallest absolute Gasteiger partial charge is 0.351 e. The summed E-state index contributed by atoms with van der Waals surface area (Å²) < 4.78 is 5.50. The van der Waals surface area contributed by atoms with Gasteiger partial charge in [-0.25, -0.2) is 31.5 Å². The van der Waals surface area contributed by atoms with Gasteiger partial charge in [-0.15, -0.1) is 0 Å². The van der Waals surface area contributed by atoms with Gasteiger partial charge in [0.1, 0.15) is 12.9 Å². The Balaban J connectivity index is 2.04. The van der Waals surface area contributed by atoms with Gasteiger partial charge in [0.15, 0.2) is 5.82 Å². The van der Waals surface area contributed by atoms with Crippen LogP contribution in [0.5, 0.6) is 5.88 Å². The highest BCUT2D eigenvalue weighted by Gasteiger charge is 2.12. The molecule has 104 valence electrons. The molecule has 1 aromatic carbocycles. The van der Waals surface area contributed by atoms with Crippen molar-refractivity contribution in [1.29, 1.82) is 0 Å². The van der Waals surface area contributed by atoms with Crippen LogP contribution in [-0.4, -0.2) is 16.0 Å². The largest absolute Gasteiger partial charge is 0.473 e. The van der Waals surface area contributed by atoms with E-state index in [0.717, 1.165) is 10.6 Å². The molecule has 0 bridgehead atoms. The molecule has 0 atom stereocenters. The van der Waals surface area contributed by atoms with Crippen molar-refractivity contribution in [2.75, 3.05) is 5.01 Å². The van der Waals surface area contributed by atoms with Crippen molar-refractivity contribution in [1.82, 2.24) is 15.4 Å². The van der Waals surface area contributed by atoms with Crippen LogP contribution < -0.4 is 26.9 Å². The number of hydrogen-bond acceptors (Lipinski definition) is 6. The fourth-order valence-electron chi connectivity index (χ4n) is 1.45. The molecule has 20 heavy (non-hydrogen) atoms. The number of rotatable bonds is 4. The zero-order chi connectivity index (χ0) is 14.4. The molecule has 0 radical (unpaired) electrons. The number of carbonyl (C=O) groups excluding carboxylic acids is 1. The Morgan fingerprint density at radius 3 is 2.75 bits per heavy atom. The number of aromatic nitrogens is 2. The fraction of sp³-hybridized carbons (Fsp3) is 0.0833. The third-order valence-corrected chi connectivity index (χ3v) is 2.45. The third-order valence-electron chi connectivity index (χ3n) is 2.45. The summed E-state index contributed by atoms with van der Waals surface area (Å²) in [5.74, 6) is 11.0. The number of ether oxygens (including phenoxy) is 1. The van der Waals surface area contributed by atoms with Crippen LogP contribution in [0.15, 0.2) is 42.7 Å². The lowest BCUT2D eigenvalue weighted by atomic mass is 10.2. The van der Waals surface area contributed by atoms with E-state index in [1.807, 2.05) is 35.8 Å². The molecule has 5 N–H and O–H groups in total. The molecule has 0 saturated carbocycles. The Morgan fingerprint density at radius 2 is 2.05 bits per heavy atom. The predicted octanol–water partition coefficient (Wildman–Crippen LogP) is 0.319. The first-order valence-corrected chi connectivity index (χ1v) is 5.75. The standard InChI is InChI=1S/C12H14N6O2/c13-17-12(19)18(14)10-6-11(16-8-15-10)20-7-9-4-2-1-3-5-9/h1-6,8H,7,13-14H2,(H,17,19). The molecule has 2 aromatic rings. The van der Waals surface area contributed by atoms with E-state index in [1.165, 1.54) is 12.4 Å². The van der Waals surface area contributed by atoms with Crippen LogP contribution in [0, 0.1) is 0 Å². The van der Waals surface area contributed by atoms with Gasteiger partial charge in [0.05, 0.1) is 0 Å². The summed E-state index contributed by atoms with van der Waals surface area (Å²) in [6, 6.07) is 10.4. The second-order valence-electron chi connectivity index (χ2n) is 3.81. The number of hydrazine groups is 2. The molecule has 0 fully saturated rings. The normalized spacial score (nSPS) is 9.90. The number of carbonyl (C=O) groups is 1. The predicted molar refractivity (Wildman–Crippen MR) is 72.2 cm³/mol. The van der Waals surface area contributed by atoms with Crippen molar-refractivity contribution < 1.29 is 9.53 Å². The minimum Gasteiger partial charge on any atom is -0.473 e. The number of nitrogens with zero attached hydrogens (tertiary/aromatic N) is 3. The molecule has 8 nitrogen and oxygen atoms in total. The number of amides is 2. The molecule has 8 heteroatoms. The average molecular weight is 274 g/mol. The first-order valence-electron chi connectivity index (χ1n) is 5.75. The lowest BCUT2D eigenvalue weighted by molar-refractivity contribution is 0.246. The maximum atomic E-state index is 11.3. The lowest BCUT2D eigenvalue weighted by Gasteiger charge is -2.14. The van der Waals surface area contributed by atoms with E-state index in [9.17, 15) is 4.79 Å². The summed E-state index contributed by atoms with van der Waals surface area (Å²) in [7, 11) is 0. The lowest BCUT2D eigenvalue weighted by Crippen LogP contribution is -2.48. The molecule has 1 aromatic heterocycles. The van der Waals surface area contributed by atoms with Crippen molar-refractivity contribution in [2.24, 2.45) is 11.7 Å². The van der Waals surface area contributed by atoms with Gasteiger partial charge in [-0.05, 0) is 5.56 Å². The van der Waals surface area contributed by atoms with Crippen LogP contribution in [0.25, 0.3) is 0 Å². The molecular weight excluding hydrogens is 260 g/mol. The van der Waals surface area contributed by atoms with Crippen molar-refractivity contribution in [2.45, 2.75) is 6.61 Å². The minimum absolute atomic E-state index is 0.172. The van der Waals surface area contributed by atoms with Gasteiger partial charge < -0.3 is 4.74 Å². The molecule has 0 aliphatic carbocycles. The summed E-state index contributed by atoms with van der Waals surface area (Å²) >= 11 is 0. The Labute approximate surface area is 115 Å². The van der Waals surface area contributed by atoms with E-state index >= 15 is 0 Å². The maximum Gasteiger partial charge on any atom is 0.351 e. The highest BCUT2D eigenvalue weighted by Crippen LogP contribution is 2.14. The van der Waals surface area contributed by atoms with Crippen molar-refractivity contribution in [3.05, 3.63) is 48.3 Å². The molecule has 0 aliphatic rings. The van der Waals surface area contributed by atoms with Gasteiger partial charge in [-0.1, -0.05) is 30.3 Å². The molecule has 0 unspecified atom stereocenters. The Bertz CT molecular complexity index is 577. The monoisotopic (exact) mass is 274 g/mol. The average Bonchev–Trinajstić information content (AvgIpc) is 2.52. The highest BCUT2D eigenvalue weighted by molar-refractivity contribution is 5.89. The zero-order valence-corrected chi connectivity index (χ0v) is 10.6. The number of nitrogens with one attached hydrogen (secondary N) is 1. The zero-order valence-electron chi connectivity index (χ0n) is 10.6. The molecule has 0 spiro atoms. The van der Waals surface area contributed by atoms with Crippen molar-refractivity contribution >= 4 is 11.8 Å². The van der Waals surface area contributed by atoms with E-state index in [1.54, 1.807) is 0 Å². The molecule has 0 aliphatic heterocycles. The summed E-state index contributed by atoms with van der Waals surface area (Å²) in [5, 5.41) is 0.761. The molecule has 0 saturated heterocycles. The molecule has 2 rings (SSSR count). The number of hydrogen-bond donors (Lipinski definition) is 3. The topological polar surface area (TPSA) is 119 Å². The van der Waals surface area contributed by atoms with Crippen LogP contribution in [0.2, 0.25) is 0 Å². The maximum absolute atomic E-state index is 11.3. The number of benzene rings is 1. The van der Waals surface area contributed by atoms with Gasteiger partial charge in [0, 0.05) is 6.07 Å². The van der Waals surface area contributed by atoms with Crippen LogP contribution in [-0.2, 0) is 6.61 Å². The fourth-order valence-corrected chi connectivity index (χ4v) is 1.45. The van der Waals surface area contributed by atoms with E-state index in [0.29, 0.717) is 12.5 Å². The van der Waals surface area contributed by atoms with Gasteiger partial charge in [-0.3, -0.25) is 5.43 Å². The third kappa shape index (κ3) is 3.40. The molecule has 1 heterocycles. The van der Waals surface area contributed by atoms with E-state index in [4.69, 9.17) is 16.4 Å². The second kappa shape index (κ2) is 6.45. The summed E-state index contributed by atoms with van der Waals surface area (Å²) in [6.45, 7) is 0.352. The van der Waals surface area contributed by atoms with E-state index in [2.05, 4.69) is 9.97 Å². The highest BCUT2D eigenvalue weighted by atomic mass is 16.5. The quantitative estimate of drug-likeness (QED) is 0.419. The summed E-state index contributed by atoms with van der Waals surface area (Å²) in [5.41, 5.74) is 2.90. The number of nitrogens with two attached hydrogens (primary N) is 2. The van der Waals surface area contributed by atoms with Gasteiger partial charge in [-0.2, -0.15) is 0 Å². The first kappa shape index (κ1) is 13.7. The van der Waals surface area contributed by atoms with Crippen LogP contribution >= 0.6 is 0 Å². The first-order chi connectivity index (χ1) is 9.70. The van der Waals surface area contributed by atoms with Crippen molar-refractivity contribution in [3.8, 4) is 5.88 Å². The van der Waals surface area contributed by atoms with Crippen LogP contribution in [0.1, 0.15) is 5.56 Å². The number of urea groups is 1. The van der Waals surface area contributed by atoms with E-state index < -0.39 is 6.03 Å². The Kier molecular flexibility index (Phi) is 4.43. The van der Waals surface area contributed by atoms with Crippen LogP contribution in [0.3, 0.4) is 0 Å². The Hall–Kier alpha value is -2.71.